The molecule has 2 aromatic heterocycles. The number of phenols is 1. The maximum absolute atomic E-state index is 13.1. The lowest BCUT2D eigenvalue weighted by Gasteiger charge is -2.31. The highest BCUT2D eigenvalue weighted by molar-refractivity contribution is 5.90. The summed E-state index contributed by atoms with van der Waals surface area (Å²) in [6.45, 7) is 1.43. The van der Waals surface area contributed by atoms with E-state index < -0.39 is 11.6 Å². The molecule has 2 aliphatic heterocycles. The zero-order valence-electron chi connectivity index (χ0n) is 15.6. The van der Waals surface area contributed by atoms with Gasteiger partial charge in [0.25, 0.3) is 5.56 Å². The number of pyridine rings is 2. The monoisotopic (exact) mass is 394 g/mol. The second-order valence-electron chi connectivity index (χ2n) is 7.40. The Kier molecular flexibility index (Phi) is 3.62. The highest BCUT2D eigenvalue weighted by Gasteiger charge is 2.45. The van der Waals surface area contributed by atoms with Gasteiger partial charge in [0, 0.05) is 22.1 Å². The van der Waals surface area contributed by atoms with Crippen LogP contribution in [-0.2, 0) is 34.9 Å². The largest absolute Gasteiger partial charge is 0.507 e. The molecular weight excluding hydrogens is 376 g/mol. The minimum Gasteiger partial charge on any atom is -0.507 e. The van der Waals surface area contributed by atoms with Crippen LogP contribution in [-0.4, -0.2) is 30.8 Å². The Morgan fingerprint density at radius 1 is 1.28 bits per heavy atom. The van der Waals surface area contributed by atoms with Crippen molar-refractivity contribution in [1.82, 2.24) is 9.55 Å². The number of hydrogen-bond donors (Lipinski definition) is 3. The summed E-state index contributed by atoms with van der Waals surface area (Å²) in [6, 6.07) is 6.69. The Hall–Kier alpha value is -3.23. The van der Waals surface area contributed by atoms with Crippen LogP contribution in [0.3, 0.4) is 0 Å². The average molecular weight is 394 g/mol. The average Bonchev–Trinajstić information content (AvgIpc) is 3.08. The first-order chi connectivity index (χ1) is 13.9. The summed E-state index contributed by atoms with van der Waals surface area (Å²) < 4.78 is 6.59. The van der Waals surface area contributed by atoms with Gasteiger partial charge < -0.3 is 24.6 Å². The molecule has 0 spiro atoms. The number of esters is 1. The molecule has 3 aromatic rings. The topological polar surface area (TPSA) is 122 Å². The quantitative estimate of drug-likeness (QED) is 0.438. The zero-order valence-corrected chi connectivity index (χ0v) is 15.6. The molecule has 0 aliphatic carbocycles. The van der Waals surface area contributed by atoms with E-state index in [4.69, 9.17) is 4.74 Å². The standard InChI is InChI=1S/C21H18N2O6/c1-2-21(28)14-6-16-17-11(7-23(16)19(26)13(14)9-29-20(21)27)5-12-15(22-17)4-3-10(8-24)18(12)25/h3-6,24-25,28H,2,7-9H2,1H3/t21-/m0/s1. The van der Waals surface area contributed by atoms with Crippen molar-refractivity contribution in [2.45, 2.75) is 38.7 Å². The number of aromatic nitrogens is 2. The van der Waals surface area contributed by atoms with Gasteiger partial charge in [0.15, 0.2) is 5.60 Å². The number of cyclic esters (lactones) is 1. The first kappa shape index (κ1) is 17.8. The molecule has 0 radical (unpaired) electrons. The van der Waals surface area contributed by atoms with Crippen molar-refractivity contribution in [2.75, 3.05) is 0 Å². The molecule has 1 aromatic carbocycles. The van der Waals surface area contributed by atoms with Crippen molar-refractivity contribution >= 4 is 16.9 Å². The Morgan fingerprint density at radius 3 is 2.79 bits per heavy atom. The summed E-state index contributed by atoms with van der Waals surface area (Å²) in [4.78, 5) is 29.9. The van der Waals surface area contributed by atoms with E-state index in [1.54, 1.807) is 31.2 Å². The van der Waals surface area contributed by atoms with E-state index in [-0.39, 0.29) is 48.6 Å². The molecule has 0 saturated heterocycles. The van der Waals surface area contributed by atoms with Gasteiger partial charge in [0.05, 0.1) is 35.6 Å². The van der Waals surface area contributed by atoms with E-state index in [0.29, 0.717) is 27.9 Å². The number of aliphatic hydroxyl groups excluding tert-OH is 1. The van der Waals surface area contributed by atoms with Crippen LogP contribution in [0.2, 0.25) is 0 Å². The zero-order chi connectivity index (χ0) is 20.5. The van der Waals surface area contributed by atoms with Crippen LogP contribution in [0, 0.1) is 0 Å². The van der Waals surface area contributed by atoms with Crippen molar-refractivity contribution in [3.8, 4) is 17.1 Å². The van der Waals surface area contributed by atoms with Gasteiger partial charge in [-0.05, 0) is 24.6 Å². The second-order valence-corrected chi connectivity index (χ2v) is 7.40. The van der Waals surface area contributed by atoms with Crippen LogP contribution in [0.4, 0.5) is 0 Å². The third-order valence-electron chi connectivity index (χ3n) is 5.92. The van der Waals surface area contributed by atoms with Crippen LogP contribution >= 0.6 is 0 Å². The van der Waals surface area contributed by atoms with Crippen LogP contribution < -0.4 is 5.56 Å². The van der Waals surface area contributed by atoms with Crippen molar-refractivity contribution in [3.63, 3.8) is 0 Å². The fourth-order valence-electron chi connectivity index (χ4n) is 4.21. The SMILES string of the molecule is CC[C@@]1(O)C(=O)OCc2c1cc1n(c2=O)Cc2cc3c(O)c(CO)ccc3nc2-1. The van der Waals surface area contributed by atoms with Gasteiger partial charge in [0.2, 0.25) is 0 Å². The summed E-state index contributed by atoms with van der Waals surface area (Å²) in [6.07, 6.45) is 0.0809. The van der Waals surface area contributed by atoms with Crippen molar-refractivity contribution < 1.29 is 24.9 Å². The van der Waals surface area contributed by atoms with E-state index in [9.17, 15) is 24.9 Å². The first-order valence-corrected chi connectivity index (χ1v) is 9.31. The Balaban J connectivity index is 1.78. The third-order valence-corrected chi connectivity index (χ3v) is 5.92. The first-order valence-electron chi connectivity index (χ1n) is 9.31. The van der Waals surface area contributed by atoms with Gasteiger partial charge in [-0.2, -0.15) is 0 Å². The lowest BCUT2D eigenvalue weighted by Crippen LogP contribution is -2.44. The molecule has 0 unspecified atom stereocenters. The molecule has 8 heteroatoms. The van der Waals surface area contributed by atoms with E-state index in [2.05, 4.69) is 4.98 Å². The molecule has 148 valence electrons. The van der Waals surface area contributed by atoms with E-state index >= 15 is 0 Å². The molecular formula is C21H18N2O6. The Morgan fingerprint density at radius 2 is 2.07 bits per heavy atom. The summed E-state index contributed by atoms with van der Waals surface area (Å²) in [5.74, 6) is -0.801. The fourth-order valence-corrected chi connectivity index (χ4v) is 4.21. The number of ether oxygens (including phenoxy) is 1. The number of nitrogens with zero attached hydrogens (tertiary/aromatic N) is 2. The fraction of sp³-hybridized carbons (Fsp3) is 0.286. The molecule has 2 aliphatic rings. The molecule has 29 heavy (non-hydrogen) atoms. The number of carbonyl (C=O) groups is 1. The molecule has 0 bridgehead atoms. The predicted molar refractivity (Wildman–Crippen MR) is 102 cm³/mol. The molecule has 5 rings (SSSR count). The maximum Gasteiger partial charge on any atom is 0.343 e. The van der Waals surface area contributed by atoms with Crippen molar-refractivity contribution in [3.05, 3.63) is 56.9 Å². The van der Waals surface area contributed by atoms with Gasteiger partial charge in [-0.15, -0.1) is 0 Å². The van der Waals surface area contributed by atoms with Gasteiger partial charge in [-0.3, -0.25) is 4.79 Å². The number of rotatable bonds is 2. The number of aromatic hydroxyl groups is 1. The van der Waals surface area contributed by atoms with Crippen LogP contribution in [0.1, 0.15) is 35.6 Å². The van der Waals surface area contributed by atoms with Gasteiger partial charge >= 0.3 is 5.97 Å². The molecule has 1 atom stereocenters. The van der Waals surface area contributed by atoms with Gasteiger partial charge in [-0.1, -0.05) is 13.0 Å². The maximum atomic E-state index is 13.1. The van der Waals surface area contributed by atoms with E-state index in [0.717, 1.165) is 5.56 Å². The molecule has 3 N–H and O–H groups in total. The second kappa shape index (κ2) is 5.88. The Bertz CT molecular complexity index is 1280. The summed E-state index contributed by atoms with van der Waals surface area (Å²) >= 11 is 0. The van der Waals surface area contributed by atoms with E-state index in [1.807, 2.05) is 0 Å². The van der Waals surface area contributed by atoms with Gasteiger partial charge in [0.1, 0.15) is 12.4 Å². The minimum atomic E-state index is -1.86. The summed E-state index contributed by atoms with van der Waals surface area (Å²) in [7, 11) is 0. The normalized spacial score (nSPS) is 19.6. The van der Waals surface area contributed by atoms with Crippen LogP contribution in [0.15, 0.2) is 29.1 Å². The molecule has 8 nitrogen and oxygen atoms in total. The molecule has 0 fully saturated rings. The Labute approximate surface area is 164 Å². The number of hydrogen-bond acceptors (Lipinski definition) is 7. The predicted octanol–water partition coefficient (Wildman–Crippen LogP) is 1.28. The van der Waals surface area contributed by atoms with Crippen LogP contribution in [0.25, 0.3) is 22.3 Å². The number of benzene rings is 1. The lowest BCUT2D eigenvalue weighted by molar-refractivity contribution is -0.172. The smallest absolute Gasteiger partial charge is 0.343 e. The molecule has 4 heterocycles. The lowest BCUT2D eigenvalue weighted by atomic mass is 9.86. The minimum absolute atomic E-state index is 0.0396. The van der Waals surface area contributed by atoms with Crippen molar-refractivity contribution in [2.24, 2.45) is 0 Å². The molecule has 0 saturated carbocycles. The highest BCUT2D eigenvalue weighted by Crippen LogP contribution is 2.39. The number of carbonyl (C=O) groups excluding carboxylic acids is 1. The molecule has 0 amide bonds. The number of aliphatic hydroxyl groups is 2. The van der Waals surface area contributed by atoms with E-state index in [1.165, 1.54) is 4.57 Å². The van der Waals surface area contributed by atoms with Crippen molar-refractivity contribution in [1.29, 1.82) is 0 Å². The summed E-state index contributed by atoms with van der Waals surface area (Å²) in [5.41, 5.74) is 1.04. The summed E-state index contributed by atoms with van der Waals surface area (Å²) in [5, 5.41) is 31.1. The third kappa shape index (κ3) is 2.24. The number of fused-ring (bicyclic) bond motifs is 5. The highest BCUT2D eigenvalue weighted by atomic mass is 16.6. The van der Waals surface area contributed by atoms with Gasteiger partial charge in [-0.25, -0.2) is 9.78 Å². The van der Waals surface area contributed by atoms with Crippen LogP contribution in [0.5, 0.6) is 5.75 Å².